The number of nitrogens with zero attached hydrogens (tertiary/aromatic N) is 3. The predicted octanol–water partition coefficient (Wildman–Crippen LogP) is 1.39. The first-order valence-electron chi connectivity index (χ1n) is 6.76. The lowest BCUT2D eigenvalue weighted by molar-refractivity contribution is 0.182. The van der Waals surface area contributed by atoms with Gasteiger partial charge in [-0.15, -0.1) is 0 Å². The maximum absolute atomic E-state index is 9.20. The molecule has 0 fully saturated rings. The van der Waals surface area contributed by atoms with Crippen molar-refractivity contribution in [3.8, 4) is 5.75 Å². The molecule has 20 heavy (non-hydrogen) atoms. The van der Waals surface area contributed by atoms with Crippen molar-refractivity contribution in [2.75, 3.05) is 26.8 Å². The van der Waals surface area contributed by atoms with Gasteiger partial charge in [-0.25, -0.2) is 0 Å². The molecular formula is C15H21N3O2. The predicted molar refractivity (Wildman–Crippen MR) is 77.6 cm³/mol. The third-order valence-electron chi connectivity index (χ3n) is 3.21. The molecule has 1 aromatic heterocycles. The third-order valence-corrected chi connectivity index (χ3v) is 3.21. The Balaban J connectivity index is 1.97. The van der Waals surface area contributed by atoms with Crippen molar-refractivity contribution < 1.29 is 9.84 Å². The van der Waals surface area contributed by atoms with Crippen molar-refractivity contribution in [3.63, 3.8) is 0 Å². The maximum Gasteiger partial charge on any atom is 0.123 e. The van der Waals surface area contributed by atoms with Gasteiger partial charge in [0.25, 0.3) is 0 Å². The van der Waals surface area contributed by atoms with Crippen molar-refractivity contribution in [1.29, 1.82) is 0 Å². The Labute approximate surface area is 119 Å². The molecule has 1 heterocycles. The zero-order valence-corrected chi connectivity index (χ0v) is 11.8. The summed E-state index contributed by atoms with van der Waals surface area (Å²) in [6.07, 6.45) is 3.72. The number of aliphatic hydroxyl groups is 1. The average molecular weight is 275 g/mol. The monoisotopic (exact) mass is 275 g/mol. The standard InChI is InChI=1S/C15H21N3O2/c1-20-15-6-3-2-5-14(15)13-17(11-12-19)9-10-18-8-4-7-16-18/h2-8,19H,9-13H2,1H3. The topological polar surface area (TPSA) is 50.5 Å². The van der Waals surface area contributed by atoms with E-state index in [0.717, 1.165) is 30.9 Å². The lowest BCUT2D eigenvalue weighted by Gasteiger charge is -2.22. The summed E-state index contributed by atoms with van der Waals surface area (Å²) in [6, 6.07) is 9.89. The van der Waals surface area contributed by atoms with Gasteiger partial charge in [-0.1, -0.05) is 18.2 Å². The van der Waals surface area contributed by atoms with Crippen LogP contribution in [0.15, 0.2) is 42.7 Å². The van der Waals surface area contributed by atoms with Crippen molar-refractivity contribution in [2.45, 2.75) is 13.1 Å². The summed E-state index contributed by atoms with van der Waals surface area (Å²) in [6.45, 7) is 3.18. The van der Waals surface area contributed by atoms with Crippen LogP contribution in [0.5, 0.6) is 5.75 Å². The maximum atomic E-state index is 9.20. The smallest absolute Gasteiger partial charge is 0.123 e. The molecule has 0 atom stereocenters. The number of para-hydroxylation sites is 1. The first kappa shape index (κ1) is 14.6. The summed E-state index contributed by atoms with van der Waals surface area (Å²) in [5.74, 6) is 0.884. The number of benzene rings is 1. The largest absolute Gasteiger partial charge is 0.496 e. The molecule has 0 radical (unpaired) electrons. The number of rotatable bonds is 8. The Morgan fingerprint density at radius 1 is 1.25 bits per heavy atom. The average Bonchev–Trinajstić information content (AvgIpc) is 2.99. The summed E-state index contributed by atoms with van der Waals surface area (Å²) in [5, 5.41) is 13.4. The quantitative estimate of drug-likeness (QED) is 0.791. The van der Waals surface area contributed by atoms with E-state index in [0.29, 0.717) is 6.54 Å². The second kappa shape index (κ2) is 7.67. The van der Waals surface area contributed by atoms with Gasteiger partial charge >= 0.3 is 0 Å². The molecule has 5 heteroatoms. The van der Waals surface area contributed by atoms with Crippen LogP contribution in [0, 0.1) is 0 Å². The highest BCUT2D eigenvalue weighted by Crippen LogP contribution is 2.19. The van der Waals surface area contributed by atoms with Crippen LogP contribution in [-0.4, -0.2) is 46.6 Å². The van der Waals surface area contributed by atoms with E-state index in [1.165, 1.54) is 0 Å². The Morgan fingerprint density at radius 2 is 2.10 bits per heavy atom. The lowest BCUT2D eigenvalue weighted by atomic mass is 10.2. The first-order valence-corrected chi connectivity index (χ1v) is 6.76. The minimum atomic E-state index is 0.147. The first-order chi connectivity index (χ1) is 9.83. The molecule has 0 aliphatic carbocycles. The van der Waals surface area contributed by atoms with E-state index in [2.05, 4.69) is 16.1 Å². The van der Waals surface area contributed by atoms with E-state index in [1.54, 1.807) is 13.3 Å². The van der Waals surface area contributed by atoms with Gasteiger partial charge in [0.15, 0.2) is 0 Å². The number of hydrogen-bond acceptors (Lipinski definition) is 4. The molecule has 1 aromatic carbocycles. The van der Waals surface area contributed by atoms with Crippen LogP contribution < -0.4 is 4.74 Å². The minimum Gasteiger partial charge on any atom is -0.496 e. The van der Waals surface area contributed by atoms with Gasteiger partial charge in [0.2, 0.25) is 0 Å². The van der Waals surface area contributed by atoms with Crippen molar-refractivity contribution in [2.24, 2.45) is 0 Å². The van der Waals surface area contributed by atoms with Gasteiger partial charge in [0.1, 0.15) is 5.75 Å². The number of methoxy groups -OCH3 is 1. The molecule has 108 valence electrons. The molecule has 0 unspecified atom stereocenters. The number of aromatic nitrogens is 2. The van der Waals surface area contributed by atoms with Crippen LogP contribution in [0.3, 0.4) is 0 Å². The summed E-state index contributed by atoms with van der Waals surface area (Å²) >= 11 is 0. The second-order valence-corrected chi connectivity index (χ2v) is 4.58. The minimum absolute atomic E-state index is 0.147. The molecule has 0 saturated heterocycles. The van der Waals surface area contributed by atoms with E-state index in [1.807, 2.05) is 35.1 Å². The van der Waals surface area contributed by atoms with Crippen LogP contribution in [0.2, 0.25) is 0 Å². The molecule has 0 spiro atoms. The molecule has 5 nitrogen and oxygen atoms in total. The molecule has 0 bridgehead atoms. The van der Waals surface area contributed by atoms with E-state index < -0.39 is 0 Å². The van der Waals surface area contributed by atoms with Crippen LogP contribution in [0.25, 0.3) is 0 Å². The molecular weight excluding hydrogens is 254 g/mol. The Morgan fingerprint density at radius 3 is 2.80 bits per heavy atom. The van der Waals surface area contributed by atoms with Crippen LogP contribution in [0.1, 0.15) is 5.56 Å². The van der Waals surface area contributed by atoms with E-state index in [-0.39, 0.29) is 6.61 Å². The number of hydrogen-bond donors (Lipinski definition) is 1. The zero-order valence-electron chi connectivity index (χ0n) is 11.8. The van der Waals surface area contributed by atoms with Gasteiger partial charge in [-0.05, 0) is 12.1 Å². The highest BCUT2D eigenvalue weighted by molar-refractivity contribution is 5.33. The van der Waals surface area contributed by atoms with E-state index >= 15 is 0 Å². The van der Waals surface area contributed by atoms with Gasteiger partial charge < -0.3 is 9.84 Å². The Bertz CT molecular complexity index is 500. The van der Waals surface area contributed by atoms with E-state index in [4.69, 9.17) is 4.74 Å². The van der Waals surface area contributed by atoms with Crippen molar-refractivity contribution in [3.05, 3.63) is 48.3 Å². The highest BCUT2D eigenvalue weighted by atomic mass is 16.5. The fourth-order valence-electron chi connectivity index (χ4n) is 2.16. The fraction of sp³-hybridized carbons (Fsp3) is 0.400. The zero-order chi connectivity index (χ0) is 14.2. The van der Waals surface area contributed by atoms with Crippen LogP contribution >= 0.6 is 0 Å². The molecule has 2 rings (SSSR count). The molecule has 1 N–H and O–H groups in total. The van der Waals surface area contributed by atoms with Gasteiger partial charge in [-0.2, -0.15) is 5.10 Å². The Kier molecular flexibility index (Phi) is 5.58. The van der Waals surface area contributed by atoms with Crippen LogP contribution in [0.4, 0.5) is 0 Å². The van der Waals surface area contributed by atoms with Gasteiger partial charge in [0.05, 0.1) is 20.3 Å². The third kappa shape index (κ3) is 4.08. The van der Waals surface area contributed by atoms with Crippen molar-refractivity contribution in [1.82, 2.24) is 14.7 Å². The van der Waals surface area contributed by atoms with Crippen LogP contribution in [-0.2, 0) is 13.1 Å². The van der Waals surface area contributed by atoms with Crippen molar-refractivity contribution >= 4 is 0 Å². The lowest BCUT2D eigenvalue weighted by Crippen LogP contribution is -2.30. The normalized spacial score (nSPS) is 10.9. The summed E-state index contributed by atoms with van der Waals surface area (Å²) < 4.78 is 7.26. The molecule has 0 aliphatic heterocycles. The molecule has 0 aliphatic rings. The molecule has 2 aromatic rings. The fourth-order valence-corrected chi connectivity index (χ4v) is 2.16. The highest BCUT2D eigenvalue weighted by Gasteiger charge is 2.09. The molecule has 0 saturated carbocycles. The second-order valence-electron chi connectivity index (χ2n) is 4.58. The van der Waals surface area contributed by atoms with Gasteiger partial charge in [0, 0.05) is 37.6 Å². The summed E-state index contributed by atoms with van der Waals surface area (Å²) in [5.41, 5.74) is 1.13. The van der Waals surface area contributed by atoms with Gasteiger partial charge in [-0.3, -0.25) is 9.58 Å². The number of aliphatic hydroxyl groups excluding tert-OH is 1. The molecule has 0 amide bonds. The summed E-state index contributed by atoms with van der Waals surface area (Å²) in [4.78, 5) is 2.19. The Hall–Kier alpha value is -1.85. The summed E-state index contributed by atoms with van der Waals surface area (Å²) in [7, 11) is 1.68. The number of ether oxygens (including phenoxy) is 1. The SMILES string of the molecule is COc1ccccc1CN(CCO)CCn1cccn1. The van der Waals surface area contributed by atoms with E-state index in [9.17, 15) is 5.11 Å².